The fourth-order valence-electron chi connectivity index (χ4n) is 0.882. The molecule has 0 saturated carbocycles. The van der Waals surface area contributed by atoms with Crippen LogP contribution in [0.2, 0.25) is 0 Å². The predicted octanol–water partition coefficient (Wildman–Crippen LogP) is 2.81. The van der Waals surface area contributed by atoms with Crippen LogP contribution in [0.3, 0.4) is 0 Å². The van der Waals surface area contributed by atoms with Crippen LogP contribution in [0.15, 0.2) is 53.5 Å². The molecule has 1 radical (unpaired) electrons. The molecule has 0 bridgehead atoms. The molecule has 1 aliphatic heterocycles. The van der Waals surface area contributed by atoms with E-state index in [0.717, 1.165) is 0 Å². The van der Waals surface area contributed by atoms with E-state index < -0.39 is 10.7 Å². The fraction of sp³-hybridized carbons (Fsp3) is 0. The number of hydrogen-bond donors (Lipinski definition) is 0. The molecule has 0 spiro atoms. The molecule has 0 aliphatic carbocycles. The molecule has 5 heteroatoms. The Hall–Kier alpha value is 0.000130. The van der Waals surface area contributed by atoms with Crippen molar-refractivity contribution in [3.8, 4) is 0 Å². The van der Waals surface area contributed by atoms with Gasteiger partial charge in [-0.05, 0) is 10.7 Å². The smallest absolute Gasteiger partial charge is 0.0469 e. The first-order chi connectivity index (χ1) is 7.20. The van der Waals surface area contributed by atoms with E-state index in [-0.39, 0.29) is 22.9 Å². The van der Waals surface area contributed by atoms with Crippen molar-refractivity contribution in [3.63, 3.8) is 0 Å². The predicted molar refractivity (Wildman–Crippen MR) is 65.4 cm³/mol. The van der Waals surface area contributed by atoms with Gasteiger partial charge >= 0.3 is 57.1 Å². The van der Waals surface area contributed by atoms with Crippen LogP contribution in [0.25, 0.3) is 0 Å². The van der Waals surface area contributed by atoms with Crippen molar-refractivity contribution in [1.29, 1.82) is 0 Å². The third-order valence-electron chi connectivity index (χ3n) is 1.56. The van der Waals surface area contributed by atoms with Crippen molar-refractivity contribution in [2.75, 3.05) is 0 Å². The van der Waals surface area contributed by atoms with Gasteiger partial charge in [0.25, 0.3) is 0 Å². The minimum atomic E-state index is -2.08. The number of allylic oxidation sites excluding steroid dienone is 2. The van der Waals surface area contributed by atoms with E-state index in [4.69, 9.17) is 0 Å². The summed E-state index contributed by atoms with van der Waals surface area (Å²) >= 11 is 3.10. The van der Waals surface area contributed by atoms with E-state index in [1.54, 1.807) is 30.3 Å². The van der Waals surface area contributed by atoms with Gasteiger partial charge in [-0.25, -0.2) is 0 Å². The van der Waals surface area contributed by atoms with Crippen molar-refractivity contribution in [2.45, 2.75) is 4.90 Å². The minimum Gasteiger partial charge on any atom is -0.420 e. The minimum absolute atomic E-state index is 0.259. The van der Waals surface area contributed by atoms with Gasteiger partial charge in [0.1, 0.15) is 0 Å². The maximum Gasteiger partial charge on any atom is -0.0469 e. The average Bonchev–Trinajstić information content (AvgIpc) is 2.71. The topological polar surface area (TPSA) is 34.1 Å². The summed E-state index contributed by atoms with van der Waals surface area (Å²) in [5.41, 5.74) is 0. The fourth-order valence-corrected chi connectivity index (χ4v) is 5.31. The first-order valence-electron chi connectivity index (χ1n) is 4.21. The third kappa shape index (κ3) is 5.58. The first-order valence-corrected chi connectivity index (χ1v) is 9.89. The van der Waals surface area contributed by atoms with E-state index in [0.29, 0.717) is 4.90 Å². The molecule has 0 amide bonds. The summed E-state index contributed by atoms with van der Waals surface area (Å²) in [5.74, 6) is 0. The van der Waals surface area contributed by atoms with Gasteiger partial charge in [-0.15, -0.1) is 0 Å². The van der Waals surface area contributed by atoms with Crippen LogP contribution in [-0.2, 0) is 19.1 Å². The molecule has 0 aromatic heterocycles. The molecule has 0 N–H and O–H groups in total. The molecule has 0 fully saturated rings. The van der Waals surface area contributed by atoms with Crippen LogP contribution in [0.1, 0.15) is 0 Å². The van der Waals surface area contributed by atoms with Crippen LogP contribution in [0.5, 0.6) is 0 Å². The summed E-state index contributed by atoms with van der Waals surface area (Å²) in [4.78, 5) is 0.331. The summed E-state index contributed by atoms with van der Waals surface area (Å²) in [6.07, 6.45) is 2.14. The van der Waals surface area contributed by atoms with Gasteiger partial charge in [0.15, 0.2) is 0 Å². The van der Waals surface area contributed by atoms with E-state index in [2.05, 4.69) is 29.7 Å². The van der Waals surface area contributed by atoms with Gasteiger partial charge in [0, 0.05) is 0 Å². The Balaban J connectivity index is 0.000000162. The van der Waals surface area contributed by atoms with Gasteiger partial charge in [-0.1, -0.05) is 35.2 Å². The first kappa shape index (κ1) is 13.1. The second kappa shape index (κ2) is 7.30. The largest absolute Gasteiger partial charge is 0.420 e. The number of halogens is 1. The molecule has 0 unspecified atom stereocenters. The van der Waals surface area contributed by atoms with Gasteiger partial charge in [-0.2, -0.15) is 0 Å². The standard InChI is InChI=1S/C6H5O2S.C4H3Br.In/c7-9(8)6-4-2-1-3-5-6;1-3-4(2)5;/h1-5H;1-3H;/q-1;;. The molecular formula is C10H8BrInO2S-. The van der Waals surface area contributed by atoms with E-state index in [1.807, 2.05) is 0 Å². The van der Waals surface area contributed by atoms with Crippen LogP contribution >= 0.6 is 15.9 Å². The Morgan fingerprint density at radius 1 is 1.13 bits per heavy atom. The van der Waals surface area contributed by atoms with Crippen molar-refractivity contribution < 1.29 is 8.42 Å². The maximum absolute atomic E-state index is 10.2. The molecule has 1 aromatic rings. The van der Waals surface area contributed by atoms with Gasteiger partial charge in [-0.3, -0.25) is 0 Å². The third-order valence-corrected chi connectivity index (χ3v) is 6.89. The molecule has 1 aliphatic rings. The molecular weight excluding hydrogens is 379 g/mol. The normalized spacial score (nSPS) is 12.8. The zero-order valence-electron chi connectivity index (χ0n) is 7.80. The molecule has 0 atom stereocenters. The molecule has 2 nitrogen and oxygen atoms in total. The van der Waals surface area contributed by atoms with Gasteiger partial charge < -0.3 is 8.42 Å². The monoisotopic (exact) mass is 386 g/mol. The maximum atomic E-state index is 10.2. The summed E-state index contributed by atoms with van der Waals surface area (Å²) in [6, 6.07) is 8.23. The molecule has 15 heavy (non-hydrogen) atoms. The summed E-state index contributed by atoms with van der Waals surface area (Å²) < 4.78 is 26.3. The molecule has 77 valence electrons. The van der Waals surface area contributed by atoms with E-state index in [9.17, 15) is 8.42 Å². The number of rotatable bonds is 1. The molecule has 0 saturated heterocycles. The Labute approximate surface area is 111 Å². The number of hydrogen-bond acceptors (Lipinski definition) is 3. The Kier molecular flexibility index (Phi) is 6.36. The van der Waals surface area contributed by atoms with Crippen LogP contribution < -0.4 is 0 Å². The Morgan fingerprint density at radius 3 is 2.07 bits per heavy atom. The molecule has 1 aromatic carbocycles. The van der Waals surface area contributed by atoms with Crippen molar-refractivity contribution in [2.24, 2.45) is 0 Å². The van der Waals surface area contributed by atoms with Crippen LogP contribution in [0, 0.1) is 0 Å². The SMILES string of the molecule is BrC1=[CH][In][CH]=C1.O=[S-](=O)c1ccccc1. The van der Waals surface area contributed by atoms with Gasteiger partial charge in [0.05, 0.1) is 0 Å². The van der Waals surface area contributed by atoms with Crippen molar-refractivity contribution in [1.82, 2.24) is 0 Å². The summed E-state index contributed by atoms with van der Waals surface area (Å²) in [5, 5.41) is 0. The van der Waals surface area contributed by atoms with Crippen molar-refractivity contribution in [3.05, 3.63) is 48.6 Å². The van der Waals surface area contributed by atoms with Crippen LogP contribution in [-0.4, -0.2) is 22.9 Å². The summed E-state index contributed by atoms with van der Waals surface area (Å²) in [6.45, 7) is 0. The summed E-state index contributed by atoms with van der Waals surface area (Å²) in [7, 11) is -2.08. The average molecular weight is 387 g/mol. The van der Waals surface area contributed by atoms with Gasteiger partial charge in [0.2, 0.25) is 0 Å². The van der Waals surface area contributed by atoms with E-state index in [1.165, 1.54) is 4.48 Å². The van der Waals surface area contributed by atoms with E-state index >= 15 is 0 Å². The zero-order chi connectivity index (χ0) is 11.1. The molecule has 2 rings (SSSR count). The number of benzene rings is 1. The van der Waals surface area contributed by atoms with Crippen LogP contribution in [0.4, 0.5) is 0 Å². The Morgan fingerprint density at radius 2 is 1.80 bits per heavy atom. The quantitative estimate of drug-likeness (QED) is 0.695. The second-order valence-corrected chi connectivity index (χ2v) is 7.66. The second-order valence-electron chi connectivity index (χ2n) is 2.65. The molecule has 1 heterocycles. The Bertz CT molecular complexity index is 427. The zero-order valence-corrected chi connectivity index (χ0v) is 13.5. The van der Waals surface area contributed by atoms with Crippen molar-refractivity contribution >= 4 is 49.5 Å².